The number of rotatable bonds is 2. The summed E-state index contributed by atoms with van der Waals surface area (Å²) in [5.74, 6) is -0.0789. The maximum absolute atomic E-state index is 12.3. The Hall–Kier alpha value is -0.419. The molecular weight excluding hydrogens is 281 g/mol. The van der Waals surface area contributed by atoms with Gasteiger partial charge in [-0.05, 0) is 12.1 Å². The number of hydrogen-bond donors (Lipinski definition) is 0. The first-order chi connectivity index (χ1) is 7.31. The quantitative estimate of drug-likeness (QED) is 0.769. The normalized spacial score (nSPS) is 9.56. The molecule has 0 bridgehead atoms. The van der Waals surface area contributed by atoms with Crippen molar-refractivity contribution in [3.63, 3.8) is 0 Å². The van der Waals surface area contributed by atoms with E-state index in [0.29, 0.717) is 23.6 Å². The standard InChI is InChI=1S/C12H9FNO.Sr/c13-8-9-4-3-6-11(14-9)10-5-1-2-7-12(10)15;/h1-8,15H;/q;+2. The predicted octanol–water partition coefficient (Wildman–Crippen LogP) is 1.34. The Labute approximate surface area is 130 Å². The second kappa shape index (κ2) is 6.35. The van der Waals surface area contributed by atoms with Gasteiger partial charge in [0.15, 0.2) is 0 Å². The summed E-state index contributed by atoms with van der Waals surface area (Å²) in [5.41, 5.74) is 1.50. The van der Waals surface area contributed by atoms with E-state index in [0.717, 1.165) is 0 Å². The van der Waals surface area contributed by atoms with Crippen molar-refractivity contribution in [2.24, 2.45) is 0 Å². The van der Waals surface area contributed by atoms with Gasteiger partial charge in [0.25, 0.3) is 0 Å². The van der Waals surface area contributed by atoms with E-state index in [4.69, 9.17) is 0 Å². The molecule has 0 amide bonds. The average Bonchev–Trinajstić information content (AvgIpc) is 2.30. The molecule has 0 spiro atoms. The average molecular weight is 290 g/mol. The molecule has 16 heavy (non-hydrogen) atoms. The second-order valence-corrected chi connectivity index (χ2v) is 3.13. The number of nitrogens with one attached hydrogen (secondary N) is 1. The molecule has 0 aliphatic heterocycles. The van der Waals surface area contributed by atoms with Crippen molar-refractivity contribution in [2.75, 3.05) is 0 Å². The topological polar surface area (TPSA) is 37.2 Å². The molecule has 75 valence electrons. The number of aromatic nitrogens is 1. The van der Waals surface area contributed by atoms with E-state index in [1.54, 1.807) is 36.4 Å². The molecule has 1 aromatic heterocycles. The van der Waals surface area contributed by atoms with Crippen LogP contribution in [0, 0.1) is 6.67 Å². The van der Waals surface area contributed by atoms with Gasteiger partial charge in [0.05, 0.1) is 0 Å². The van der Waals surface area contributed by atoms with E-state index in [1.165, 1.54) is 6.07 Å². The third-order valence-electron chi connectivity index (χ3n) is 2.11. The van der Waals surface area contributed by atoms with E-state index < -0.39 is 0 Å². The number of benzene rings is 1. The van der Waals surface area contributed by atoms with Gasteiger partial charge in [-0.1, -0.05) is 23.9 Å². The molecule has 0 aliphatic rings. The van der Waals surface area contributed by atoms with Crippen molar-refractivity contribution < 1.29 is 14.5 Å². The summed E-state index contributed by atoms with van der Waals surface area (Å²) in [6.45, 7) is 0.469. The molecule has 4 heteroatoms. The number of halogens is 1. The van der Waals surface area contributed by atoms with Crippen molar-refractivity contribution >= 4 is 45.5 Å². The second-order valence-electron chi connectivity index (χ2n) is 3.13. The molecule has 0 saturated heterocycles. The Morgan fingerprint density at radius 1 is 1.06 bits per heavy atom. The van der Waals surface area contributed by atoms with Crippen LogP contribution in [0.1, 0.15) is 5.69 Å². The van der Waals surface area contributed by atoms with Crippen molar-refractivity contribution in [2.45, 2.75) is 0 Å². The van der Waals surface area contributed by atoms with Gasteiger partial charge in [0.2, 0.25) is 18.1 Å². The molecule has 2 aromatic rings. The van der Waals surface area contributed by atoms with Crippen molar-refractivity contribution in [1.82, 2.24) is 0 Å². The number of pyridine rings is 1. The molecule has 2 nitrogen and oxygen atoms in total. The summed E-state index contributed by atoms with van der Waals surface area (Å²) in [6.07, 6.45) is 0. The minimum Gasteiger partial charge on any atom is -0.872 e. The maximum atomic E-state index is 12.3. The van der Waals surface area contributed by atoms with E-state index in [-0.39, 0.29) is 51.2 Å². The van der Waals surface area contributed by atoms with Gasteiger partial charge in [-0.15, -0.1) is 0 Å². The van der Waals surface area contributed by atoms with E-state index >= 15 is 0 Å². The molecule has 0 unspecified atom stereocenters. The fraction of sp³-hybridized carbons (Fsp3) is 0. The Morgan fingerprint density at radius 2 is 1.81 bits per heavy atom. The van der Waals surface area contributed by atoms with Crippen LogP contribution in [0.15, 0.2) is 42.5 Å². The minimum atomic E-state index is -0.0789. The number of para-hydroxylation sites is 1. The zero-order valence-electron chi connectivity index (χ0n) is 8.61. The van der Waals surface area contributed by atoms with Crippen LogP contribution in [0.25, 0.3) is 11.3 Å². The Kier molecular flexibility index (Phi) is 5.41. The van der Waals surface area contributed by atoms with Crippen LogP contribution < -0.4 is 10.1 Å². The van der Waals surface area contributed by atoms with Crippen LogP contribution in [0.5, 0.6) is 5.75 Å². The Morgan fingerprint density at radius 3 is 2.50 bits per heavy atom. The monoisotopic (exact) mass is 290 g/mol. The van der Waals surface area contributed by atoms with Crippen LogP contribution in [0.3, 0.4) is 0 Å². The van der Waals surface area contributed by atoms with Crippen molar-refractivity contribution in [1.29, 1.82) is 0 Å². The first-order valence-electron chi connectivity index (χ1n) is 4.53. The predicted molar refractivity (Wildman–Crippen MR) is 58.1 cm³/mol. The fourth-order valence-electron chi connectivity index (χ4n) is 1.40. The Balaban J connectivity index is 0.00000128. The van der Waals surface area contributed by atoms with Gasteiger partial charge in [-0.25, -0.2) is 9.37 Å². The summed E-state index contributed by atoms with van der Waals surface area (Å²) < 4.78 is 12.3. The maximum Gasteiger partial charge on any atom is 2.00 e. The third-order valence-corrected chi connectivity index (χ3v) is 2.11. The van der Waals surface area contributed by atoms with Crippen molar-refractivity contribution in [3.05, 3.63) is 54.8 Å². The van der Waals surface area contributed by atoms with Crippen LogP contribution in [-0.2, 0) is 0 Å². The summed E-state index contributed by atoms with van der Waals surface area (Å²) in [4.78, 5) is 2.82. The third kappa shape index (κ3) is 3.04. The van der Waals surface area contributed by atoms with Gasteiger partial charge >= 0.3 is 45.5 Å². The number of H-pyrrole nitrogens is 1. The van der Waals surface area contributed by atoms with Gasteiger partial charge in [-0.3, -0.25) is 0 Å². The van der Waals surface area contributed by atoms with Crippen molar-refractivity contribution in [3.8, 4) is 17.0 Å². The SMILES string of the molecule is [O-]c1ccccc1-c1cccc([CH]F)[nH+]1.[Sr+2]. The van der Waals surface area contributed by atoms with Gasteiger partial charge in [-0.2, -0.15) is 0 Å². The molecule has 0 atom stereocenters. The van der Waals surface area contributed by atoms with Gasteiger partial charge < -0.3 is 5.11 Å². The van der Waals surface area contributed by atoms with Crippen LogP contribution in [0.2, 0.25) is 0 Å². The van der Waals surface area contributed by atoms with E-state index in [2.05, 4.69) is 4.98 Å². The van der Waals surface area contributed by atoms with E-state index in [1.807, 2.05) is 0 Å². The molecule has 0 fully saturated rings. The van der Waals surface area contributed by atoms with E-state index in [9.17, 15) is 9.50 Å². The van der Waals surface area contributed by atoms with Crippen LogP contribution >= 0.6 is 0 Å². The summed E-state index contributed by atoms with van der Waals surface area (Å²) >= 11 is 0. The molecule has 2 rings (SSSR count). The minimum absolute atomic E-state index is 0. The fourth-order valence-corrected chi connectivity index (χ4v) is 1.40. The summed E-state index contributed by atoms with van der Waals surface area (Å²) in [7, 11) is 0. The molecule has 1 aromatic carbocycles. The van der Waals surface area contributed by atoms with Gasteiger partial charge in [0, 0.05) is 17.7 Å². The molecule has 1 heterocycles. The smallest absolute Gasteiger partial charge is 0.872 e. The van der Waals surface area contributed by atoms with Crippen LogP contribution in [-0.4, -0.2) is 45.5 Å². The molecular formula is C12H9FNOSr+2. The van der Waals surface area contributed by atoms with Gasteiger partial charge in [0.1, 0.15) is 0 Å². The summed E-state index contributed by atoms with van der Waals surface area (Å²) in [6, 6.07) is 11.7. The first kappa shape index (κ1) is 13.6. The number of hydrogen-bond acceptors (Lipinski definition) is 1. The Bertz CT molecular complexity index is 476. The zero-order valence-corrected chi connectivity index (χ0v) is 12.1. The largest absolute Gasteiger partial charge is 2.00 e. The molecule has 1 radical (unpaired) electrons. The zero-order chi connectivity index (χ0) is 10.7. The number of aromatic amines is 1. The van der Waals surface area contributed by atoms with Crippen LogP contribution in [0.4, 0.5) is 4.39 Å². The molecule has 1 N–H and O–H groups in total. The molecule has 0 saturated carbocycles. The summed E-state index contributed by atoms with van der Waals surface area (Å²) in [5, 5.41) is 11.5. The first-order valence-corrected chi connectivity index (χ1v) is 4.53. The molecule has 0 aliphatic carbocycles.